The quantitative estimate of drug-likeness (QED) is 0.500. The van der Waals surface area contributed by atoms with Gasteiger partial charge in [0.2, 0.25) is 5.91 Å². The Hall–Kier alpha value is -1.06. The second-order valence-electron chi connectivity index (χ2n) is 4.29. The second kappa shape index (κ2) is 10.1. The highest BCUT2D eigenvalue weighted by Gasteiger charge is 2.12. The van der Waals surface area contributed by atoms with Gasteiger partial charge in [-0.3, -0.25) is 9.59 Å². The van der Waals surface area contributed by atoms with Crippen molar-refractivity contribution < 1.29 is 14.3 Å². The van der Waals surface area contributed by atoms with Crippen molar-refractivity contribution >= 4 is 11.9 Å². The third-order valence-electron chi connectivity index (χ3n) is 2.67. The average molecular weight is 243 g/mol. The van der Waals surface area contributed by atoms with E-state index in [9.17, 15) is 9.59 Å². The zero-order valence-corrected chi connectivity index (χ0v) is 11.3. The lowest BCUT2D eigenvalue weighted by atomic mass is 10.0. The maximum atomic E-state index is 11.1. The molecule has 0 bridgehead atoms. The predicted octanol–water partition coefficient (Wildman–Crippen LogP) is 2.41. The summed E-state index contributed by atoms with van der Waals surface area (Å²) in [7, 11) is 1.63. The highest BCUT2D eigenvalue weighted by atomic mass is 16.5. The van der Waals surface area contributed by atoms with E-state index < -0.39 is 0 Å². The average Bonchev–Trinajstić information content (AvgIpc) is 2.28. The molecule has 0 radical (unpaired) electrons. The molecule has 1 atom stereocenters. The molecule has 0 spiro atoms. The van der Waals surface area contributed by atoms with E-state index in [1.807, 2.05) is 0 Å². The van der Waals surface area contributed by atoms with Crippen molar-refractivity contribution in [1.82, 2.24) is 5.32 Å². The molecular formula is C13H25NO3. The molecule has 4 heteroatoms. The van der Waals surface area contributed by atoms with Gasteiger partial charge in [0.05, 0.1) is 0 Å². The number of hydrogen-bond donors (Lipinski definition) is 1. The van der Waals surface area contributed by atoms with Crippen LogP contribution in [0.5, 0.6) is 0 Å². The van der Waals surface area contributed by atoms with Crippen LogP contribution >= 0.6 is 0 Å². The Kier molecular flexibility index (Phi) is 9.49. The Morgan fingerprint density at radius 3 is 2.35 bits per heavy atom. The monoisotopic (exact) mass is 243 g/mol. The van der Waals surface area contributed by atoms with Crippen molar-refractivity contribution in [3.05, 3.63) is 0 Å². The maximum Gasteiger partial charge on any atom is 0.302 e. The van der Waals surface area contributed by atoms with Crippen LogP contribution in [0.15, 0.2) is 0 Å². The van der Waals surface area contributed by atoms with Crippen LogP contribution in [0.25, 0.3) is 0 Å². The molecule has 0 aliphatic rings. The van der Waals surface area contributed by atoms with Crippen LogP contribution in [0.2, 0.25) is 0 Å². The van der Waals surface area contributed by atoms with Gasteiger partial charge in [-0.15, -0.1) is 0 Å². The van der Waals surface area contributed by atoms with Crippen molar-refractivity contribution in [2.45, 2.75) is 64.9 Å². The van der Waals surface area contributed by atoms with Gasteiger partial charge in [-0.25, -0.2) is 0 Å². The predicted molar refractivity (Wildman–Crippen MR) is 67.6 cm³/mol. The fraction of sp³-hybridized carbons (Fsp3) is 0.846. The van der Waals surface area contributed by atoms with Gasteiger partial charge in [-0.05, 0) is 25.7 Å². The minimum absolute atomic E-state index is 0.0243. The number of carbonyl (C=O) groups is 2. The lowest BCUT2D eigenvalue weighted by Gasteiger charge is -2.16. The molecular weight excluding hydrogens is 218 g/mol. The molecule has 0 aliphatic carbocycles. The fourth-order valence-corrected chi connectivity index (χ4v) is 1.73. The van der Waals surface area contributed by atoms with Crippen molar-refractivity contribution in [3.63, 3.8) is 0 Å². The van der Waals surface area contributed by atoms with Crippen molar-refractivity contribution in [1.29, 1.82) is 0 Å². The number of amides is 1. The molecule has 0 aromatic carbocycles. The van der Waals surface area contributed by atoms with Gasteiger partial charge in [0.1, 0.15) is 6.10 Å². The topological polar surface area (TPSA) is 55.4 Å². The highest BCUT2D eigenvalue weighted by molar-refractivity contribution is 5.75. The molecule has 17 heavy (non-hydrogen) atoms. The van der Waals surface area contributed by atoms with Crippen molar-refractivity contribution in [2.75, 3.05) is 7.05 Å². The molecule has 0 heterocycles. The summed E-state index contributed by atoms with van der Waals surface area (Å²) < 4.78 is 5.24. The molecule has 1 amide bonds. The molecule has 0 aromatic rings. The summed E-state index contributed by atoms with van der Waals surface area (Å²) in [5.41, 5.74) is 0. The largest absolute Gasteiger partial charge is 0.463 e. The van der Waals surface area contributed by atoms with Crippen molar-refractivity contribution in [2.24, 2.45) is 0 Å². The Morgan fingerprint density at radius 2 is 1.82 bits per heavy atom. The number of carbonyl (C=O) groups excluding carboxylic acids is 2. The first-order valence-electron chi connectivity index (χ1n) is 6.48. The van der Waals surface area contributed by atoms with Crippen LogP contribution in [-0.4, -0.2) is 25.0 Å². The third kappa shape index (κ3) is 9.85. The number of esters is 1. The molecule has 0 aromatic heterocycles. The number of nitrogens with one attached hydrogen (secondary N) is 1. The molecule has 4 nitrogen and oxygen atoms in total. The first-order chi connectivity index (χ1) is 8.10. The van der Waals surface area contributed by atoms with E-state index >= 15 is 0 Å². The summed E-state index contributed by atoms with van der Waals surface area (Å²) in [5, 5.41) is 2.59. The first-order valence-corrected chi connectivity index (χ1v) is 6.48. The Morgan fingerprint density at radius 1 is 1.18 bits per heavy atom. The minimum Gasteiger partial charge on any atom is -0.463 e. The van der Waals surface area contributed by atoms with Crippen LogP contribution in [-0.2, 0) is 14.3 Å². The van der Waals surface area contributed by atoms with E-state index in [0.29, 0.717) is 6.42 Å². The summed E-state index contributed by atoms with van der Waals surface area (Å²) >= 11 is 0. The smallest absolute Gasteiger partial charge is 0.302 e. The van der Waals surface area contributed by atoms with Crippen LogP contribution in [0.1, 0.15) is 58.8 Å². The summed E-state index contributed by atoms with van der Waals surface area (Å²) in [5.74, 6) is -0.188. The van der Waals surface area contributed by atoms with Crippen LogP contribution in [0, 0.1) is 0 Å². The molecule has 0 rings (SSSR count). The van der Waals surface area contributed by atoms with Gasteiger partial charge in [0.15, 0.2) is 0 Å². The number of unbranched alkanes of at least 4 members (excludes halogenated alkanes) is 2. The minimum atomic E-state index is -0.230. The first kappa shape index (κ1) is 15.9. The van der Waals surface area contributed by atoms with E-state index in [-0.39, 0.29) is 18.0 Å². The second-order valence-corrected chi connectivity index (χ2v) is 4.29. The summed E-state index contributed by atoms with van der Waals surface area (Å²) in [6.07, 6.45) is 6.32. The molecule has 100 valence electrons. The van der Waals surface area contributed by atoms with Gasteiger partial charge in [0.25, 0.3) is 0 Å². The molecule has 0 saturated carbocycles. The molecule has 0 aliphatic heterocycles. The maximum absolute atomic E-state index is 11.1. The van der Waals surface area contributed by atoms with E-state index in [0.717, 1.165) is 38.5 Å². The van der Waals surface area contributed by atoms with Crippen LogP contribution in [0.4, 0.5) is 0 Å². The number of hydrogen-bond acceptors (Lipinski definition) is 3. The Labute approximate surface area is 104 Å². The number of rotatable bonds is 9. The summed E-state index contributed by atoms with van der Waals surface area (Å²) in [6.45, 7) is 3.58. The zero-order valence-electron chi connectivity index (χ0n) is 11.3. The Balaban J connectivity index is 3.83. The SMILES string of the molecule is CCCCC[C@@H](CCCC(=O)NC)OC(C)=O. The number of ether oxygens (including phenoxy) is 1. The van der Waals surface area contributed by atoms with Gasteiger partial charge in [-0.1, -0.05) is 19.8 Å². The third-order valence-corrected chi connectivity index (χ3v) is 2.67. The van der Waals surface area contributed by atoms with Gasteiger partial charge in [-0.2, -0.15) is 0 Å². The van der Waals surface area contributed by atoms with Gasteiger partial charge >= 0.3 is 5.97 Å². The van der Waals surface area contributed by atoms with E-state index in [1.54, 1.807) is 7.05 Å². The standard InChI is InChI=1S/C13H25NO3/c1-4-5-6-8-12(17-11(2)15)9-7-10-13(16)14-3/h12H,4-10H2,1-3H3,(H,14,16)/t12-/m0/s1. The molecule has 0 fully saturated rings. The fourth-order valence-electron chi connectivity index (χ4n) is 1.73. The normalized spacial score (nSPS) is 11.9. The van der Waals surface area contributed by atoms with Crippen molar-refractivity contribution in [3.8, 4) is 0 Å². The lowest BCUT2D eigenvalue weighted by Crippen LogP contribution is -2.20. The zero-order chi connectivity index (χ0) is 13.1. The van der Waals surface area contributed by atoms with E-state index in [2.05, 4.69) is 12.2 Å². The highest BCUT2D eigenvalue weighted by Crippen LogP contribution is 2.13. The Bertz CT molecular complexity index is 229. The summed E-state index contributed by atoms with van der Waals surface area (Å²) in [6, 6.07) is 0. The molecule has 1 N–H and O–H groups in total. The molecule has 0 saturated heterocycles. The lowest BCUT2D eigenvalue weighted by molar-refractivity contribution is -0.147. The van der Waals surface area contributed by atoms with Crippen LogP contribution in [0.3, 0.4) is 0 Å². The summed E-state index contributed by atoms with van der Waals surface area (Å²) in [4.78, 5) is 22.0. The van der Waals surface area contributed by atoms with Crippen LogP contribution < -0.4 is 5.32 Å². The van der Waals surface area contributed by atoms with Gasteiger partial charge in [0, 0.05) is 20.4 Å². The van der Waals surface area contributed by atoms with Gasteiger partial charge < -0.3 is 10.1 Å². The molecule has 0 unspecified atom stereocenters. The van der Waals surface area contributed by atoms with E-state index in [4.69, 9.17) is 4.74 Å². The van der Waals surface area contributed by atoms with E-state index in [1.165, 1.54) is 6.92 Å².